The molecule has 0 aromatic carbocycles. The second-order valence-electron chi connectivity index (χ2n) is 5.11. The smallest absolute Gasteiger partial charge is 0.0908 e. The van der Waals surface area contributed by atoms with E-state index in [0.717, 1.165) is 11.8 Å². The molecule has 1 nitrogen and oxygen atoms in total. The first-order valence-electron chi connectivity index (χ1n) is 5.22. The molecule has 0 aliphatic heterocycles. The van der Waals surface area contributed by atoms with E-state index in [2.05, 4.69) is 26.0 Å². The zero-order valence-electron chi connectivity index (χ0n) is 8.46. The number of nitrogens with zero attached hydrogens (tertiary/aromatic N) is 1. The van der Waals surface area contributed by atoms with E-state index in [9.17, 15) is 0 Å². The highest BCUT2D eigenvalue weighted by molar-refractivity contribution is 5.13. The normalized spacial score (nSPS) is 41.2. The Hall–Kier alpha value is -0.770. The summed E-state index contributed by atoms with van der Waals surface area (Å²) < 4.78 is 0. The molecule has 2 aliphatic carbocycles. The van der Waals surface area contributed by atoms with E-state index in [1.807, 2.05) is 0 Å². The van der Waals surface area contributed by atoms with Gasteiger partial charge in [-0.05, 0) is 42.4 Å². The molecule has 0 N–H and O–H groups in total. The lowest BCUT2D eigenvalue weighted by Crippen LogP contribution is -2.29. The maximum atomic E-state index is 8.53. The van der Waals surface area contributed by atoms with Gasteiger partial charge < -0.3 is 0 Å². The van der Waals surface area contributed by atoms with E-state index in [1.165, 1.54) is 19.3 Å². The van der Waals surface area contributed by atoms with Crippen molar-refractivity contribution in [3.63, 3.8) is 0 Å². The fourth-order valence-electron chi connectivity index (χ4n) is 3.45. The highest BCUT2D eigenvalue weighted by atomic mass is 14.6. The molecule has 0 heterocycles. The fourth-order valence-corrected chi connectivity index (χ4v) is 3.45. The summed E-state index contributed by atoms with van der Waals surface area (Å²) in [7, 11) is 0. The van der Waals surface area contributed by atoms with Crippen LogP contribution >= 0.6 is 0 Å². The maximum absolute atomic E-state index is 8.53. The molecule has 3 unspecified atom stereocenters. The van der Waals surface area contributed by atoms with Crippen molar-refractivity contribution >= 4 is 0 Å². The summed E-state index contributed by atoms with van der Waals surface area (Å²) in [6.07, 6.45) is 8.01. The molecule has 0 aromatic heterocycles. The van der Waals surface area contributed by atoms with Gasteiger partial charge in [0.25, 0.3) is 0 Å². The van der Waals surface area contributed by atoms with Crippen molar-refractivity contribution in [2.24, 2.45) is 23.2 Å². The van der Waals surface area contributed by atoms with Gasteiger partial charge in [0.05, 0.1) is 6.07 Å². The molecule has 70 valence electrons. The van der Waals surface area contributed by atoms with Crippen LogP contribution in [0.4, 0.5) is 0 Å². The van der Waals surface area contributed by atoms with Crippen LogP contribution in [0.5, 0.6) is 0 Å². The third-order valence-corrected chi connectivity index (χ3v) is 4.27. The summed E-state index contributed by atoms with van der Waals surface area (Å²) in [5, 5.41) is 8.53. The van der Waals surface area contributed by atoms with E-state index < -0.39 is 0 Å². The molecule has 0 amide bonds. The third-order valence-electron chi connectivity index (χ3n) is 4.27. The van der Waals surface area contributed by atoms with Gasteiger partial charge in [0, 0.05) is 6.08 Å². The Kier molecular flexibility index (Phi) is 1.95. The molecule has 0 saturated heterocycles. The van der Waals surface area contributed by atoms with E-state index in [4.69, 9.17) is 5.26 Å². The van der Waals surface area contributed by atoms with Crippen LogP contribution in [-0.2, 0) is 0 Å². The molecule has 2 saturated carbocycles. The molecule has 0 spiro atoms. The van der Waals surface area contributed by atoms with Gasteiger partial charge in [-0.1, -0.05) is 19.9 Å². The predicted molar refractivity (Wildman–Crippen MR) is 52.9 cm³/mol. The molecule has 2 fully saturated rings. The molecule has 2 rings (SSSR count). The molecular weight excluding hydrogens is 158 g/mol. The number of fused-ring (bicyclic) bond motifs is 2. The summed E-state index contributed by atoms with van der Waals surface area (Å²) in [5.41, 5.74) is 0.441. The SMILES string of the molecule is CC1(C)C2CCC(C2)C1/C=C/C#N. The second kappa shape index (κ2) is 2.87. The average molecular weight is 175 g/mol. The minimum absolute atomic E-state index is 0.441. The first-order chi connectivity index (χ1) is 6.16. The Balaban J connectivity index is 2.20. The van der Waals surface area contributed by atoms with Crippen molar-refractivity contribution < 1.29 is 0 Å². The summed E-state index contributed by atoms with van der Waals surface area (Å²) in [6, 6.07) is 2.11. The highest BCUT2D eigenvalue weighted by Crippen LogP contribution is 2.59. The summed E-state index contributed by atoms with van der Waals surface area (Å²) in [4.78, 5) is 0. The molecule has 0 aromatic rings. The van der Waals surface area contributed by atoms with Crippen molar-refractivity contribution in [3.8, 4) is 6.07 Å². The van der Waals surface area contributed by atoms with Crippen molar-refractivity contribution in [2.45, 2.75) is 33.1 Å². The van der Waals surface area contributed by atoms with E-state index >= 15 is 0 Å². The molecule has 13 heavy (non-hydrogen) atoms. The molecule has 2 bridgehead atoms. The quantitative estimate of drug-likeness (QED) is 0.562. The Morgan fingerprint density at radius 1 is 1.38 bits per heavy atom. The van der Waals surface area contributed by atoms with Crippen LogP contribution in [0.3, 0.4) is 0 Å². The lowest BCUT2D eigenvalue weighted by atomic mass is 9.69. The number of hydrogen-bond donors (Lipinski definition) is 0. The summed E-state index contributed by atoms with van der Waals surface area (Å²) in [5.74, 6) is 2.43. The summed E-state index contributed by atoms with van der Waals surface area (Å²) >= 11 is 0. The fraction of sp³-hybridized carbons (Fsp3) is 0.750. The lowest BCUT2D eigenvalue weighted by Gasteiger charge is -2.36. The largest absolute Gasteiger partial charge is 0.193 e. The van der Waals surface area contributed by atoms with E-state index in [0.29, 0.717) is 11.3 Å². The summed E-state index contributed by atoms with van der Waals surface area (Å²) in [6.45, 7) is 4.73. The van der Waals surface area contributed by atoms with Crippen LogP contribution in [0.25, 0.3) is 0 Å². The molecule has 1 heteroatoms. The average Bonchev–Trinajstić information content (AvgIpc) is 2.60. The Bertz CT molecular complexity index is 269. The standard InChI is InChI=1S/C12H17N/c1-12(2)10-6-5-9(8-10)11(12)4-3-7-13/h3-4,9-11H,5-6,8H2,1-2H3/b4-3+. The molecular formula is C12H17N. The Labute approximate surface area is 80.4 Å². The van der Waals surface area contributed by atoms with Crippen molar-refractivity contribution in [2.75, 3.05) is 0 Å². The molecule has 2 aliphatic rings. The van der Waals surface area contributed by atoms with Crippen LogP contribution in [0.15, 0.2) is 12.2 Å². The van der Waals surface area contributed by atoms with Crippen molar-refractivity contribution in [1.29, 1.82) is 5.26 Å². The first-order valence-corrected chi connectivity index (χ1v) is 5.22. The van der Waals surface area contributed by atoms with Gasteiger partial charge in [-0.3, -0.25) is 0 Å². The van der Waals surface area contributed by atoms with Crippen molar-refractivity contribution in [1.82, 2.24) is 0 Å². The molecule has 0 radical (unpaired) electrons. The number of nitriles is 1. The van der Waals surface area contributed by atoms with Gasteiger partial charge in [0.2, 0.25) is 0 Å². The van der Waals surface area contributed by atoms with Crippen molar-refractivity contribution in [3.05, 3.63) is 12.2 Å². The zero-order chi connectivity index (χ0) is 9.47. The lowest BCUT2D eigenvalue weighted by molar-refractivity contribution is 0.159. The topological polar surface area (TPSA) is 23.8 Å². The van der Waals surface area contributed by atoms with Crippen LogP contribution in [-0.4, -0.2) is 0 Å². The van der Waals surface area contributed by atoms with E-state index in [-0.39, 0.29) is 0 Å². The predicted octanol–water partition coefficient (Wildman–Crippen LogP) is 3.14. The van der Waals surface area contributed by atoms with E-state index in [1.54, 1.807) is 6.08 Å². The Morgan fingerprint density at radius 2 is 2.15 bits per heavy atom. The number of rotatable bonds is 1. The van der Waals surface area contributed by atoms with Crippen LogP contribution in [0.2, 0.25) is 0 Å². The number of allylic oxidation sites excluding steroid dienone is 2. The van der Waals surface area contributed by atoms with Crippen LogP contribution in [0, 0.1) is 34.5 Å². The third kappa shape index (κ3) is 1.20. The minimum Gasteiger partial charge on any atom is -0.193 e. The maximum Gasteiger partial charge on any atom is 0.0908 e. The van der Waals surface area contributed by atoms with Gasteiger partial charge >= 0.3 is 0 Å². The van der Waals surface area contributed by atoms with Gasteiger partial charge in [-0.15, -0.1) is 0 Å². The second-order valence-corrected chi connectivity index (χ2v) is 5.11. The van der Waals surface area contributed by atoms with Gasteiger partial charge in [0.15, 0.2) is 0 Å². The van der Waals surface area contributed by atoms with Gasteiger partial charge in [-0.2, -0.15) is 5.26 Å². The van der Waals surface area contributed by atoms with Gasteiger partial charge in [-0.25, -0.2) is 0 Å². The zero-order valence-corrected chi connectivity index (χ0v) is 8.46. The minimum atomic E-state index is 0.441. The number of hydrogen-bond acceptors (Lipinski definition) is 1. The van der Waals surface area contributed by atoms with Gasteiger partial charge in [0.1, 0.15) is 0 Å². The van der Waals surface area contributed by atoms with Crippen LogP contribution in [0.1, 0.15) is 33.1 Å². The Morgan fingerprint density at radius 3 is 2.69 bits per heavy atom. The monoisotopic (exact) mass is 175 g/mol. The van der Waals surface area contributed by atoms with Crippen LogP contribution < -0.4 is 0 Å². The molecule has 3 atom stereocenters. The highest BCUT2D eigenvalue weighted by Gasteiger charge is 2.51. The first kappa shape index (κ1) is 8.81.